The number of halogens is 1. The molecule has 0 aliphatic carbocycles. The number of benzene rings is 3. The molecule has 2 heterocycles. The van der Waals surface area contributed by atoms with Crippen LogP contribution in [0.25, 0.3) is 10.9 Å². The Bertz CT molecular complexity index is 1380. The first kappa shape index (κ1) is 22.9. The number of fused-ring (bicyclic) bond motifs is 3. The van der Waals surface area contributed by atoms with Gasteiger partial charge in [-0.05, 0) is 60.0 Å². The maximum Gasteiger partial charge on any atom is 0.322 e. The number of hydrogen-bond donors (Lipinski definition) is 2. The van der Waals surface area contributed by atoms with Crippen molar-refractivity contribution in [3.05, 3.63) is 82.5 Å². The Hall–Kier alpha value is -3.84. The first-order valence-corrected chi connectivity index (χ1v) is 11.6. The molecule has 0 saturated heterocycles. The Morgan fingerprint density at radius 2 is 1.71 bits per heavy atom. The molecule has 0 radical (unpaired) electrons. The summed E-state index contributed by atoms with van der Waals surface area (Å²) in [7, 11) is 4.79. The molecule has 0 bridgehead atoms. The van der Waals surface area contributed by atoms with Crippen molar-refractivity contribution >= 4 is 34.2 Å². The van der Waals surface area contributed by atoms with E-state index in [2.05, 4.69) is 10.3 Å². The molecule has 0 saturated carbocycles. The monoisotopic (exact) mass is 491 g/mol. The van der Waals surface area contributed by atoms with Gasteiger partial charge in [-0.1, -0.05) is 23.7 Å². The van der Waals surface area contributed by atoms with Crippen molar-refractivity contribution in [1.82, 2.24) is 9.88 Å². The van der Waals surface area contributed by atoms with Crippen LogP contribution in [-0.2, 0) is 6.42 Å². The molecule has 7 nitrogen and oxygen atoms in total. The molecular weight excluding hydrogens is 466 g/mol. The van der Waals surface area contributed by atoms with Crippen LogP contribution < -0.4 is 19.5 Å². The zero-order valence-corrected chi connectivity index (χ0v) is 20.5. The number of nitrogens with zero attached hydrogens (tertiary/aromatic N) is 1. The third-order valence-electron chi connectivity index (χ3n) is 6.43. The van der Waals surface area contributed by atoms with Crippen LogP contribution >= 0.6 is 11.6 Å². The largest absolute Gasteiger partial charge is 0.497 e. The fourth-order valence-corrected chi connectivity index (χ4v) is 4.87. The second-order valence-electron chi connectivity index (χ2n) is 8.32. The van der Waals surface area contributed by atoms with Crippen molar-refractivity contribution < 1.29 is 19.0 Å². The maximum atomic E-state index is 13.6. The van der Waals surface area contributed by atoms with E-state index in [-0.39, 0.29) is 12.1 Å². The molecule has 1 atom stereocenters. The number of ether oxygens (including phenoxy) is 3. The SMILES string of the molecule is COc1ccc([C@H]2c3[nH]c4ccc(Cl)cc4c3CCN2C(=O)Nc2ccc(OC)cc2OC)cc1. The predicted octanol–water partition coefficient (Wildman–Crippen LogP) is 6.03. The van der Waals surface area contributed by atoms with E-state index in [1.54, 1.807) is 39.5 Å². The number of carbonyl (C=O) groups is 1. The van der Waals surface area contributed by atoms with Crippen LogP contribution in [0, 0.1) is 0 Å². The van der Waals surface area contributed by atoms with E-state index in [4.69, 9.17) is 25.8 Å². The number of urea groups is 1. The first-order valence-electron chi connectivity index (χ1n) is 11.3. The minimum absolute atomic E-state index is 0.225. The maximum absolute atomic E-state index is 13.6. The molecule has 1 aromatic heterocycles. The van der Waals surface area contributed by atoms with Gasteiger partial charge in [0.1, 0.15) is 17.2 Å². The van der Waals surface area contributed by atoms with Crippen molar-refractivity contribution in [3.8, 4) is 17.2 Å². The van der Waals surface area contributed by atoms with Gasteiger partial charge in [0, 0.05) is 34.2 Å². The highest BCUT2D eigenvalue weighted by Crippen LogP contribution is 2.40. The van der Waals surface area contributed by atoms with E-state index >= 15 is 0 Å². The Morgan fingerprint density at radius 3 is 2.43 bits per heavy atom. The lowest BCUT2D eigenvalue weighted by molar-refractivity contribution is 0.193. The first-order chi connectivity index (χ1) is 17.0. The summed E-state index contributed by atoms with van der Waals surface area (Å²) in [6.07, 6.45) is 0.704. The molecule has 4 aromatic rings. The number of methoxy groups -OCH3 is 3. The summed E-state index contributed by atoms with van der Waals surface area (Å²) in [6, 6.07) is 18.4. The molecule has 0 fully saturated rings. The number of hydrogen-bond acceptors (Lipinski definition) is 4. The van der Waals surface area contributed by atoms with Gasteiger partial charge in [-0.3, -0.25) is 0 Å². The highest BCUT2D eigenvalue weighted by atomic mass is 35.5. The fraction of sp³-hybridized carbons (Fsp3) is 0.222. The van der Waals surface area contributed by atoms with Crippen LogP contribution in [-0.4, -0.2) is 43.8 Å². The van der Waals surface area contributed by atoms with E-state index in [0.717, 1.165) is 27.9 Å². The number of carbonyl (C=O) groups excluding carboxylic acids is 1. The van der Waals surface area contributed by atoms with Crippen LogP contribution in [0.4, 0.5) is 10.5 Å². The Morgan fingerprint density at radius 1 is 0.971 bits per heavy atom. The molecule has 2 amide bonds. The van der Waals surface area contributed by atoms with Crippen molar-refractivity contribution in [2.24, 2.45) is 0 Å². The number of anilines is 1. The topological polar surface area (TPSA) is 75.8 Å². The van der Waals surface area contributed by atoms with Crippen LogP contribution in [0.5, 0.6) is 17.2 Å². The molecule has 0 unspecified atom stereocenters. The third kappa shape index (κ3) is 4.23. The average Bonchev–Trinajstić information content (AvgIpc) is 3.26. The van der Waals surface area contributed by atoms with E-state index in [9.17, 15) is 4.79 Å². The normalized spacial score (nSPS) is 15.0. The van der Waals surface area contributed by atoms with Gasteiger partial charge < -0.3 is 29.4 Å². The number of nitrogens with one attached hydrogen (secondary N) is 2. The van der Waals surface area contributed by atoms with Crippen LogP contribution in [0.1, 0.15) is 22.9 Å². The number of H-pyrrole nitrogens is 1. The standard InChI is InChI=1S/C27H26ClN3O4/c1-33-18-7-4-16(5-8-18)26-25-20(21-14-17(28)6-10-22(21)29-25)12-13-31(26)27(32)30-23-11-9-19(34-2)15-24(23)35-3/h4-11,14-15,26,29H,12-13H2,1-3H3,(H,30,32)/t26-/m0/s1. The summed E-state index contributed by atoms with van der Waals surface area (Å²) in [6.45, 7) is 0.535. The lowest BCUT2D eigenvalue weighted by atomic mass is 9.92. The van der Waals surface area contributed by atoms with Gasteiger partial charge >= 0.3 is 6.03 Å². The van der Waals surface area contributed by atoms with Gasteiger partial charge in [-0.2, -0.15) is 0 Å². The highest BCUT2D eigenvalue weighted by Gasteiger charge is 2.35. The van der Waals surface area contributed by atoms with E-state index < -0.39 is 0 Å². The number of rotatable bonds is 5. The van der Waals surface area contributed by atoms with Gasteiger partial charge in [-0.15, -0.1) is 0 Å². The summed E-state index contributed by atoms with van der Waals surface area (Å²) >= 11 is 6.30. The molecule has 1 aliphatic rings. The van der Waals surface area contributed by atoms with Crippen LogP contribution in [0.3, 0.4) is 0 Å². The lowest BCUT2D eigenvalue weighted by Crippen LogP contribution is -2.43. The predicted molar refractivity (Wildman–Crippen MR) is 137 cm³/mol. The molecule has 35 heavy (non-hydrogen) atoms. The third-order valence-corrected chi connectivity index (χ3v) is 6.67. The fourth-order valence-electron chi connectivity index (χ4n) is 4.70. The molecular formula is C27H26ClN3O4. The summed E-state index contributed by atoms with van der Waals surface area (Å²) in [4.78, 5) is 19.0. The van der Waals surface area contributed by atoms with E-state index in [1.165, 1.54) is 5.56 Å². The van der Waals surface area contributed by atoms with Crippen molar-refractivity contribution in [3.63, 3.8) is 0 Å². The van der Waals surface area contributed by atoms with Crippen molar-refractivity contribution in [2.45, 2.75) is 12.5 Å². The second kappa shape index (κ2) is 9.43. The van der Waals surface area contributed by atoms with Crippen LogP contribution in [0.2, 0.25) is 5.02 Å². The minimum Gasteiger partial charge on any atom is -0.497 e. The average molecular weight is 492 g/mol. The zero-order chi connectivity index (χ0) is 24.5. The quantitative estimate of drug-likeness (QED) is 0.357. The van der Waals surface area contributed by atoms with Crippen molar-refractivity contribution in [2.75, 3.05) is 33.2 Å². The molecule has 8 heteroatoms. The number of aromatic nitrogens is 1. The Labute approximate surface area is 208 Å². The Kier molecular flexibility index (Phi) is 6.17. The molecule has 3 aromatic carbocycles. The number of amides is 2. The number of aromatic amines is 1. The van der Waals surface area contributed by atoms with Gasteiger partial charge in [-0.25, -0.2) is 4.79 Å². The lowest BCUT2D eigenvalue weighted by Gasteiger charge is -2.36. The smallest absolute Gasteiger partial charge is 0.322 e. The summed E-state index contributed by atoms with van der Waals surface area (Å²) < 4.78 is 16.1. The summed E-state index contributed by atoms with van der Waals surface area (Å²) in [5, 5.41) is 4.80. The second-order valence-corrected chi connectivity index (χ2v) is 8.76. The Balaban J connectivity index is 1.56. The molecule has 5 rings (SSSR count). The van der Waals surface area contributed by atoms with Gasteiger partial charge in [0.25, 0.3) is 0 Å². The van der Waals surface area contributed by atoms with E-state index in [0.29, 0.717) is 35.2 Å². The van der Waals surface area contributed by atoms with Gasteiger partial charge in [0.2, 0.25) is 0 Å². The molecule has 0 spiro atoms. The summed E-state index contributed by atoms with van der Waals surface area (Å²) in [5.74, 6) is 1.93. The van der Waals surface area contributed by atoms with Crippen molar-refractivity contribution in [1.29, 1.82) is 0 Å². The molecule has 1 aliphatic heterocycles. The zero-order valence-electron chi connectivity index (χ0n) is 19.7. The van der Waals surface area contributed by atoms with Crippen LogP contribution in [0.15, 0.2) is 60.7 Å². The van der Waals surface area contributed by atoms with E-state index in [1.807, 2.05) is 47.4 Å². The van der Waals surface area contributed by atoms with Gasteiger partial charge in [0.05, 0.1) is 33.1 Å². The minimum atomic E-state index is -0.319. The summed E-state index contributed by atoms with van der Waals surface area (Å²) in [5.41, 5.74) is 4.70. The molecule has 180 valence electrons. The highest BCUT2D eigenvalue weighted by molar-refractivity contribution is 6.31. The van der Waals surface area contributed by atoms with Gasteiger partial charge in [0.15, 0.2) is 0 Å². The molecule has 2 N–H and O–H groups in total.